The van der Waals surface area contributed by atoms with Gasteiger partial charge in [0.25, 0.3) is 0 Å². The second kappa shape index (κ2) is 21.0. The van der Waals surface area contributed by atoms with Crippen molar-refractivity contribution in [3.8, 4) is 17.2 Å². The number of halogens is 1. The number of ether oxygens (including phenoxy) is 5. The van der Waals surface area contributed by atoms with Crippen LogP contribution in [0.25, 0.3) is 11.0 Å². The number of benzene rings is 2. The molecule has 0 saturated heterocycles. The number of carbonyl (C=O) groups is 4. The summed E-state index contributed by atoms with van der Waals surface area (Å²) in [6.07, 6.45) is 6.25. The Hall–Kier alpha value is -4.89. The summed E-state index contributed by atoms with van der Waals surface area (Å²) in [6.45, 7) is 13.3. The molecule has 0 radical (unpaired) electrons. The SMILES string of the molecule is COc1cc(CNC(=O)CCCC/C=C/C(C)C)ccc1OC(=O)OCc1cc(=O)oc2c(CN(CC(=O)OC(C)(C)C)CC(=O)OC(C)(C)C)c(O)c(Br)cc12. The number of carbonyl (C=O) groups excluding carboxylic acids is 4. The van der Waals surface area contributed by atoms with Crippen LogP contribution in [0, 0.1) is 5.92 Å². The molecule has 1 aromatic heterocycles. The topological polar surface area (TPSA) is 180 Å². The number of nitrogens with one attached hydrogen (secondary N) is 1. The summed E-state index contributed by atoms with van der Waals surface area (Å²) in [5.74, 6) is -0.843. The van der Waals surface area contributed by atoms with Gasteiger partial charge >= 0.3 is 23.7 Å². The van der Waals surface area contributed by atoms with Gasteiger partial charge in [-0.2, -0.15) is 0 Å². The van der Waals surface area contributed by atoms with Crippen LogP contribution < -0.4 is 20.4 Å². The van der Waals surface area contributed by atoms with Crippen LogP contribution in [0.2, 0.25) is 0 Å². The van der Waals surface area contributed by atoms with Gasteiger partial charge in [0, 0.05) is 36.5 Å². The monoisotopic (exact) mass is 858 g/mol. The summed E-state index contributed by atoms with van der Waals surface area (Å²) in [5.41, 5.74) is -1.47. The van der Waals surface area contributed by atoms with Gasteiger partial charge in [-0.25, -0.2) is 9.59 Å². The van der Waals surface area contributed by atoms with E-state index in [2.05, 4.69) is 47.2 Å². The van der Waals surface area contributed by atoms with Crippen molar-refractivity contribution in [2.45, 2.75) is 112 Å². The number of amides is 1. The molecule has 0 aliphatic heterocycles. The van der Waals surface area contributed by atoms with Gasteiger partial charge in [0.1, 0.15) is 29.1 Å². The highest BCUT2D eigenvalue weighted by Gasteiger charge is 2.27. The van der Waals surface area contributed by atoms with E-state index < -0.39 is 41.5 Å². The van der Waals surface area contributed by atoms with Crippen molar-refractivity contribution in [1.82, 2.24) is 10.2 Å². The van der Waals surface area contributed by atoms with Crippen molar-refractivity contribution in [3.63, 3.8) is 0 Å². The van der Waals surface area contributed by atoms with Crippen LogP contribution >= 0.6 is 15.9 Å². The van der Waals surface area contributed by atoms with E-state index in [0.29, 0.717) is 17.7 Å². The fraction of sp³-hybridized carbons (Fsp3) is 0.500. The number of hydrogen-bond donors (Lipinski definition) is 2. The van der Waals surface area contributed by atoms with Crippen molar-refractivity contribution < 1.29 is 52.4 Å². The Bertz CT molecular complexity index is 1940. The Morgan fingerprint density at radius 2 is 1.60 bits per heavy atom. The van der Waals surface area contributed by atoms with Crippen molar-refractivity contribution >= 4 is 50.9 Å². The van der Waals surface area contributed by atoms with Crippen LogP contribution in [-0.4, -0.2) is 65.4 Å². The van der Waals surface area contributed by atoms with Crippen molar-refractivity contribution in [2.24, 2.45) is 5.92 Å². The molecule has 2 N–H and O–H groups in total. The smallest absolute Gasteiger partial charge is 0.506 e. The van der Waals surface area contributed by atoms with Crippen LogP contribution in [-0.2, 0) is 48.3 Å². The van der Waals surface area contributed by atoms with Gasteiger partial charge in [-0.05, 0) is 106 Å². The van der Waals surface area contributed by atoms with Crippen molar-refractivity contribution in [1.29, 1.82) is 0 Å². The number of aromatic hydroxyl groups is 1. The zero-order valence-corrected chi connectivity index (χ0v) is 35.8. The molecule has 3 aromatic rings. The first-order valence-electron chi connectivity index (χ1n) is 18.7. The van der Waals surface area contributed by atoms with Gasteiger partial charge in [-0.15, -0.1) is 0 Å². The number of esters is 2. The maximum Gasteiger partial charge on any atom is 0.514 e. The molecule has 1 amide bonds. The van der Waals surface area contributed by atoms with E-state index in [0.717, 1.165) is 30.9 Å². The fourth-order valence-corrected chi connectivity index (χ4v) is 5.99. The molecule has 14 nitrogen and oxygen atoms in total. The Labute approximate surface area is 341 Å². The lowest BCUT2D eigenvalue weighted by molar-refractivity contribution is -0.160. The number of phenols is 1. The largest absolute Gasteiger partial charge is 0.514 e. The number of nitrogens with zero attached hydrogens (tertiary/aromatic N) is 1. The molecule has 0 fully saturated rings. The Balaban J connectivity index is 1.75. The van der Waals surface area contributed by atoms with Gasteiger partial charge < -0.3 is 38.5 Å². The molecular weight excluding hydrogens is 804 g/mol. The highest BCUT2D eigenvalue weighted by molar-refractivity contribution is 9.10. The molecule has 0 spiro atoms. The lowest BCUT2D eigenvalue weighted by Crippen LogP contribution is -2.39. The molecule has 0 aliphatic carbocycles. The zero-order valence-electron chi connectivity index (χ0n) is 34.2. The number of methoxy groups -OCH3 is 1. The first-order valence-corrected chi connectivity index (χ1v) is 19.5. The molecule has 0 bridgehead atoms. The zero-order chi connectivity index (χ0) is 42.5. The van der Waals surface area contributed by atoms with Crippen LogP contribution in [0.4, 0.5) is 4.79 Å². The fourth-order valence-electron chi connectivity index (χ4n) is 5.52. The minimum absolute atomic E-state index is 0.0586. The van der Waals surface area contributed by atoms with E-state index >= 15 is 0 Å². The van der Waals surface area contributed by atoms with Gasteiger partial charge in [0.2, 0.25) is 5.91 Å². The van der Waals surface area contributed by atoms with E-state index in [1.165, 1.54) is 24.1 Å². The third kappa shape index (κ3) is 16.2. The van der Waals surface area contributed by atoms with Crippen LogP contribution in [0.15, 0.2) is 56.2 Å². The lowest BCUT2D eigenvalue weighted by Gasteiger charge is -2.26. The predicted molar refractivity (Wildman–Crippen MR) is 217 cm³/mol. The van der Waals surface area contributed by atoms with E-state index in [1.54, 1.807) is 53.7 Å². The van der Waals surface area contributed by atoms with Crippen LogP contribution in [0.1, 0.15) is 97.8 Å². The maximum atomic E-state index is 12.9. The third-order valence-corrected chi connectivity index (χ3v) is 8.48. The van der Waals surface area contributed by atoms with Gasteiger partial charge in [0.15, 0.2) is 11.5 Å². The number of fused-ring (bicyclic) bond motifs is 1. The third-order valence-electron chi connectivity index (χ3n) is 7.87. The van der Waals surface area contributed by atoms with Gasteiger partial charge in [0.05, 0.1) is 30.2 Å². The number of rotatable bonds is 18. The number of hydrogen-bond acceptors (Lipinski definition) is 13. The molecule has 3 rings (SSSR count). The van der Waals surface area contributed by atoms with Crippen LogP contribution in [0.3, 0.4) is 0 Å². The van der Waals surface area contributed by atoms with Crippen LogP contribution in [0.5, 0.6) is 17.2 Å². The average Bonchev–Trinajstić information content (AvgIpc) is 3.08. The highest BCUT2D eigenvalue weighted by Crippen LogP contribution is 2.37. The lowest BCUT2D eigenvalue weighted by atomic mass is 10.0. The minimum atomic E-state index is -1.10. The number of allylic oxidation sites excluding steroid dienone is 2. The second-order valence-electron chi connectivity index (χ2n) is 15.8. The standard InChI is InChI=1S/C42H55BrN2O12/c1-26(2)14-12-10-11-13-15-34(46)44-21-27-16-17-32(33(18-27)52-9)54-40(51)53-25-28-19-35(47)55-39-29(28)20-31(43)38(50)30(39)22-45(23-36(48)56-41(3,4)5)24-37(49)57-42(6,7)8/h12,14,16-20,26,50H,10-11,13,15,21-25H2,1-9H3,(H,44,46)/b14-12+. The Morgan fingerprint density at radius 3 is 2.19 bits per heavy atom. The maximum absolute atomic E-state index is 12.9. The summed E-state index contributed by atoms with van der Waals surface area (Å²) in [5, 5.41) is 14.3. The van der Waals surface area contributed by atoms with E-state index in [9.17, 15) is 29.1 Å². The van der Waals surface area contributed by atoms with Crippen molar-refractivity contribution in [3.05, 3.63) is 74.1 Å². The van der Waals surface area contributed by atoms with Gasteiger partial charge in [-0.3, -0.25) is 19.3 Å². The Kier molecular flexibility index (Phi) is 17.2. The summed E-state index contributed by atoms with van der Waals surface area (Å²) >= 11 is 3.34. The molecule has 0 aliphatic rings. The minimum Gasteiger partial charge on any atom is -0.506 e. The highest BCUT2D eigenvalue weighted by atomic mass is 79.9. The second-order valence-corrected chi connectivity index (χ2v) is 16.6. The average molecular weight is 860 g/mol. The molecule has 0 unspecified atom stereocenters. The first kappa shape index (κ1) is 46.5. The summed E-state index contributed by atoms with van der Waals surface area (Å²) in [4.78, 5) is 65.2. The molecule has 2 aromatic carbocycles. The summed E-state index contributed by atoms with van der Waals surface area (Å²) in [6, 6.07) is 7.45. The summed E-state index contributed by atoms with van der Waals surface area (Å²) in [7, 11) is 1.41. The van der Waals surface area contributed by atoms with E-state index in [1.807, 2.05) is 0 Å². The first-order chi connectivity index (χ1) is 26.6. The number of unbranched alkanes of at least 4 members (excludes halogenated alkanes) is 2. The molecular formula is C42H55BrN2O12. The van der Waals surface area contributed by atoms with E-state index in [4.69, 9.17) is 28.1 Å². The molecule has 312 valence electrons. The molecule has 1 heterocycles. The molecule has 15 heteroatoms. The molecule has 0 saturated carbocycles. The van der Waals surface area contributed by atoms with E-state index in [-0.39, 0.29) is 70.5 Å². The Morgan fingerprint density at radius 1 is 0.947 bits per heavy atom. The molecule has 0 atom stereocenters. The quantitative estimate of drug-likeness (QED) is 0.0316. The summed E-state index contributed by atoms with van der Waals surface area (Å²) < 4.78 is 32.9. The predicted octanol–water partition coefficient (Wildman–Crippen LogP) is 7.86. The van der Waals surface area contributed by atoms with Crippen molar-refractivity contribution in [2.75, 3.05) is 20.2 Å². The normalized spacial score (nSPS) is 11.9. The number of phenolic OH excluding ortho intramolecular Hbond substituents is 1. The van der Waals surface area contributed by atoms with Gasteiger partial charge in [-0.1, -0.05) is 32.1 Å². The molecule has 57 heavy (non-hydrogen) atoms.